The first-order valence-corrected chi connectivity index (χ1v) is 4.93. The molecule has 0 aliphatic carbocycles. The number of rotatable bonds is 4. The quantitative estimate of drug-likeness (QED) is 0.737. The van der Waals surface area contributed by atoms with Crippen LogP contribution in [0.5, 0.6) is 5.75 Å². The van der Waals surface area contributed by atoms with Crippen LogP contribution in [0.15, 0.2) is 24.3 Å². The van der Waals surface area contributed by atoms with Gasteiger partial charge in [-0.15, -0.1) is 0 Å². The maximum Gasteiger partial charge on any atom is 0.116 e. The molecule has 0 radical (unpaired) electrons. The van der Waals surface area contributed by atoms with Gasteiger partial charge in [-0.25, -0.2) is 0 Å². The maximum atomic E-state index is 9.28. The van der Waals surface area contributed by atoms with Crippen molar-refractivity contribution in [3.8, 4) is 11.8 Å². The molecule has 0 amide bonds. The van der Waals surface area contributed by atoms with E-state index in [0.29, 0.717) is 17.7 Å². The summed E-state index contributed by atoms with van der Waals surface area (Å²) < 4.78 is 0. The Morgan fingerprint density at radius 1 is 1.60 bits per heavy atom. The first kappa shape index (κ1) is 11.3. The molecule has 1 rings (SSSR count). The normalized spacial score (nSPS) is 11.7. The number of nitrogens with zero attached hydrogens (tertiary/aromatic N) is 1. The van der Waals surface area contributed by atoms with E-state index < -0.39 is 0 Å². The Morgan fingerprint density at radius 2 is 2.33 bits per heavy atom. The Bertz CT molecular complexity index is 393. The van der Waals surface area contributed by atoms with Crippen LogP contribution < -0.4 is 0 Å². The van der Waals surface area contributed by atoms with Crippen molar-refractivity contribution >= 4 is 5.71 Å². The van der Waals surface area contributed by atoms with Crippen molar-refractivity contribution in [3.05, 3.63) is 29.8 Å². The van der Waals surface area contributed by atoms with Gasteiger partial charge in [0.05, 0.1) is 6.07 Å². The minimum Gasteiger partial charge on any atom is -0.508 e. The van der Waals surface area contributed by atoms with E-state index in [1.807, 2.05) is 6.92 Å². The molecule has 0 saturated carbocycles. The summed E-state index contributed by atoms with van der Waals surface area (Å²) in [7, 11) is 0. The van der Waals surface area contributed by atoms with Crippen LogP contribution in [0.4, 0.5) is 0 Å². The van der Waals surface area contributed by atoms with Gasteiger partial charge in [0.25, 0.3) is 0 Å². The summed E-state index contributed by atoms with van der Waals surface area (Å²) in [6.45, 7) is 1.96. The number of nitriles is 1. The first-order valence-electron chi connectivity index (χ1n) is 4.93. The fraction of sp³-hybridized carbons (Fsp3) is 0.333. The zero-order valence-electron chi connectivity index (χ0n) is 8.70. The number of phenols is 1. The largest absolute Gasteiger partial charge is 0.508 e. The molecule has 1 aromatic rings. The van der Waals surface area contributed by atoms with Gasteiger partial charge in [-0.2, -0.15) is 5.26 Å². The monoisotopic (exact) mass is 202 g/mol. The number of benzene rings is 1. The van der Waals surface area contributed by atoms with Crippen molar-refractivity contribution in [2.45, 2.75) is 19.8 Å². The fourth-order valence-electron chi connectivity index (χ4n) is 1.47. The molecule has 0 aromatic heterocycles. The maximum absolute atomic E-state index is 9.28. The van der Waals surface area contributed by atoms with Crippen molar-refractivity contribution in [2.24, 2.45) is 5.92 Å². The number of hydrogen-bond acceptors (Lipinski definition) is 3. The molecule has 15 heavy (non-hydrogen) atoms. The summed E-state index contributed by atoms with van der Waals surface area (Å²) in [5.41, 5.74) is 1.12. The second-order valence-corrected chi connectivity index (χ2v) is 3.43. The molecule has 2 N–H and O–H groups in total. The highest BCUT2D eigenvalue weighted by Gasteiger charge is 2.14. The molecule has 0 unspecified atom stereocenters. The molecular weight excluding hydrogens is 188 g/mol. The van der Waals surface area contributed by atoms with Crippen molar-refractivity contribution in [1.82, 2.24) is 0 Å². The highest BCUT2D eigenvalue weighted by molar-refractivity contribution is 6.00. The van der Waals surface area contributed by atoms with Crippen LogP contribution in [0.1, 0.15) is 25.3 Å². The lowest BCUT2D eigenvalue weighted by Crippen LogP contribution is -2.13. The van der Waals surface area contributed by atoms with Gasteiger partial charge in [0.15, 0.2) is 0 Å². The number of nitrogens with one attached hydrogen (secondary N) is 1. The molecule has 0 fully saturated rings. The lowest BCUT2D eigenvalue weighted by atomic mass is 9.92. The van der Waals surface area contributed by atoms with E-state index in [4.69, 9.17) is 10.7 Å². The lowest BCUT2D eigenvalue weighted by Gasteiger charge is -2.12. The predicted molar refractivity (Wildman–Crippen MR) is 58.9 cm³/mol. The number of hydrogen-bond donors (Lipinski definition) is 2. The minimum absolute atomic E-state index is 0.0446. The summed E-state index contributed by atoms with van der Waals surface area (Å²) in [5, 5.41) is 25.8. The average Bonchev–Trinajstić information content (AvgIpc) is 2.25. The Balaban J connectivity index is 2.88. The van der Waals surface area contributed by atoms with Gasteiger partial charge in [0, 0.05) is 18.1 Å². The van der Waals surface area contributed by atoms with E-state index in [1.54, 1.807) is 24.3 Å². The molecule has 0 heterocycles. The third-order valence-electron chi connectivity index (χ3n) is 2.40. The third kappa shape index (κ3) is 2.81. The summed E-state index contributed by atoms with van der Waals surface area (Å²) in [4.78, 5) is 0. The third-order valence-corrected chi connectivity index (χ3v) is 2.40. The first-order chi connectivity index (χ1) is 7.19. The van der Waals surface area contributed by atoms with E-state index in [0.717, 1.165) is 6.42 Å². The van der Waals surface area contributed by atoms with Crippen LogP contribution in [-0.2, 0) is 0 Å². The van der Waals surface area contributed by atoms with E-state index in [1.165, 1.54) is 0 Å². The lowest BCUT2D eigenvalue weighted by molar-refractivity contribution is 0.475. The van der Waals surface area contributed by atoms with Crippen molar-refractivity contribution in [1.29, 1.82) is 10.7 Å². The molecule has 0 aliphatic rings. The molecular formula is C12H14N2O. The van der Waals surface area contributed by atoms with Crippen LogP contribution >= 0.6 is 0 Å². The smallest absolute Gasteiger partial charge is 0.116 e. The average molecular weight is 202 g/mol. The van der Waals surface area contributed by atoms with E-state index in [2.05, 4.69) is 6.07 Å². The van der Waals surface area contributed by atoms with E-state index >= 15 is 0 Å². The summed E-state index contributed by atoms with van der Waals surface area (Å²) in [6.07, 6.45) is 1.12. The summed E-state index contributed by atoms with van der Waals surface area (Å²) in [5.74, 6) is 0.112. The van der Waals surface area contributed by atoms with Crippen LogP contribution in [0.2, 0.25) is 0 Å². The second kappa shape index (κ2) is 5.16. The molecule has 0 aliphatic heterocycles. The van der Waals surface area contributed by atoms with Gasteiger partial charge in [-0.1, -0.05) is 19.1 Å². The zero-order valence-corrected chi connectivity index (χ0v) is 8.70. The molecule has 3 nitrogen and oxygen atoms in total. The van der Waals surface area contributed by atoms with Crippen molar-refractivity contribution in [3.63, 3.8) is 0 Å². The summed E-state index contributed by atoms with van der Waals surface area (Å²) in [6, 6.07) is 8.70. The Kier molecular flexibility index (Phi) is 3.87. The standard InChI is InChI=1S/C12H14N2O/c1-2-9(6-7-13)12(14)10-4-3-5-11(15)8-10/h3-5,8-9,14-15H,2,6H2,1H3/t9-/m0/s1. The molecule has 1 aromatic carbocycles. The fourth-order valence-corrected chi connectivity index (χ4v) is 1.47. The van der Waals surface area contributed by atoms with E-state index in [9.17, 15) is 5.11 Å². The highest BCUT2D eigenvalue weighted by atomic mass is 16.3. The minimum atomic E-state index is -0.0446. The van der Waals surface area contributed by atoms with Crippen LogP contribution in [0, 0.1) is 22.7 Å². The van der Waals surface area contributed by atoms with Crippen molar-refractivity contribution in [2.75, 3.05) is 0 Å². The van der Waals surface area contributed by atoms with Crippen LogP contribution in [0.25, 0.3) is 0 Å². The number of phenolic OH excluding ortho intramolecular Hbond substituents is 1. The predicted octanol–water partition coefficient (Wildman–Crippen LogP) is 2.70. The zero-order chi connectivity index (χ0) is 11.3. The van der Waals surface area contributed by atoms with Gasteiger partial charge in [0.2, 0.25) is 0 Å². The van der Waals surface area contributed by atoms with Gasteiger partial charge < -0.3 is 10.5 Å². The molecule has 0 bridgehead atoms. The molecule has 3 heteroatoms. The van der Waals surface area contributed by atoms with Gasteiger partial charge in [0.1, 0.15) is 5.75 Å². The van der Waals surface area contributed by atoms with Crippen molar-refractivity contribution < 1.29 is 5.11 Å². The second-order valence-electron chi connectivity index (χ2n) is 3.43. The van der Waals surface area contributed by atoms with Gasteiger partial charge in [-0.05, 0) is 24.1 Å². The van der Waals surface area contributed by atoms with Gasteiger partial charge in [-0.3, -0.25) is 0 Å². The number of aromatic hydroxyl groups is 1. The highest BCUT2D eigenvalue weighted by Crippen LogP contribution is 2.18. The summed E-state index contributed by atoms with van der Waals surface area (Å²) >= 11 is 0. The topological polar surface area (TPSA) is 67.9 Å². The Hall–Kier alpha value is -1.82. The molecule has 0 spiro atoms. The Labute approximate surface area is 89.5 Å². The Morgan fingerprint density at radius 3 is 2.87 bits per heavy atom. The van der Waals surface area contributed by atoms with Gasteiger partial charge >= 0.3 is 0 Å². The molecule has 1 atom stereocenters. The van der Waals surface area contributed by atoms with Crippen LogP contribution in [-0.4, -0.2) is 10.8 Å². The molecule has 78 valence electrons. The van der Waals surface area contributed by atoms with Crippen LogP contribution in [0.3, 0.4) is 0 Å². The van der Waals surface area contributed by atoms with E-state index in [-0.39, 0.29) is 11.7 Å². The molecule has 0 saturated heterocycles. The SMILES string of the molecule is CC[C@@H](CC#N)C(=N)c1cccc(O)c1.